The van der Waals surface area contributed by atoms with Gasteiger partial charge in [0.05, 0.1) is 16.8 Å². The molecular formula is C23H17N3O2. The topological polar surface area (TPSA) is 85.1 Å². The molecule has 1 aromatic heterocycles. The lowest BCUT2D eigenvalue weighted by molar-refractivity contribution is 0.0998. The highest BCUT2D eigenvalue weighted by Crippen LogP contribution is 2.25. The molecule has 0 aliphatic rings. The smallest absolute Gasteiger partial charge is 0.256 e. The summed E-state index contributed by atoms with van der Waals surface area (Å²) in [5, 5.41) is 3.65. The number of hydrogen-bond acceptors (Lipinski definition) is 3. The van der Waals surface area contributed by atoms with Crippen molar-refractivity contribution in [3.8, 4) is 11.3 Å². The Morgan fingerprint density at radius 3 is 2.21 bits per heavy atom. The van der Waals surface area contributed by atoms with Crippen molar-refractivity contribution >= 4 is 28.4 Å². The maximum Gasteiger partial charge on any atom is 0.256 e. The number of primary amides is 1. The Balaban J connectivity index is 1.74. The van der Waals surface area contributed by atoms with Gasteiger partial charge in [-0.15, -0.1) is 0 Å². The Morgan fingerprint density at radius 2 is 1.50 bits per heavy atom. The molecule has 4 aromatic rings. The standard InChI is InChI=1S/C23H17N3O2/c24-22(27)16-10-12-17(13-11-16)25-23(28)19-14-21(15-6-2-1-3-7-15)26-20-9-5-4-8-18(19)20/h1-14H,(H2,24,27)(H,25,28). The zero-order valence-electron chi connectivity index (χ0n) is 14.9. The van der Waals surface area contributed by atoms with Gasteiger partial charge in [-0.1, -0.05) is 48.5 Å². The number of nitrogens with one attached hydrogen (secondary N) is 1. The Kier molecular flexibility index (Phi) is 4.56. The molecule has 136 valence electrons. The number of rotatable bonds is 4. The first-order valence-electron chi connectivity index (χ1n) is 8.78. The summed E-state index contributed by atoms with van der Waals surface area (Å²) in [6.45, 7) is 0. The molecule has 0 bridgehead atoms. The number of hydrogen-bond donors (Lipinski definition) is 2. The molecule has 28 heavy (non-hydrogen) atoms. The van der Waals surface area contributed by atoms with Gasteiger partial charge >= 0.3 is 0 Å². The quantitative estimate of drug-likeness (QED) is 0.565. The van der Waals surface area contributed by atoms with E-state index in [9.17, 15) is 9.59 Å². The molecular weight excluding hydrogens is 350 g/mol. The summed E-state index contributed by atoms with van der Waals surface area (Å²) in [5.41, 5.74) is 9.17. The van der Waals surface area contributed by atoms with E-state index < -0.39 is 5.91 Å². The molecule has 0 atom stereocenters. The fourth-order valence-electron chi connectivity index (χ4n) is 3.04. The van der Waals surface area contributed by atoms with E-state index in [0.717, 1.165) is 22.2 Å². The minimum absolute atomic E-state index is 0.248. The van der Waals surface area contributed by atoms with Crippen molar-refractivity contribution in [1.82, 2.24) is 4.98 Å². The number of nitrogens with zero attached hydrogens (tertiary/aromatic N) is 1. The average molecular weight is 367 g/mol. The number of fused-ring (bicyclic) bond motifs is 1. The molecule has 0 aliphatic heterocycles. The molecule has 5 nitrogen and oxygen atoms in total. The van der Waals surface area contributed by atoms with Crippen LogP contribution in [0.1, 0.15) is 20.7 Å². The van der Waals surface area contributed by atoms with Crippen LogP contribution in [0, 0.1) is 0 Å². The summed E-state index contributed by atoms with van der Waals surface area (Å²) in [4.78, 5) is 28.9. The van der Waals surface area contributed by atoms with E-state index in [1.165, 1.54) is 0 Å². The number of pyridine rings is 1. The average Bonchev–Trinajstić information content (AvgIpc) is 2.74. The van der Waals surface area contributed by atoms with Crippen molar-refractivity contribution in [2.75, 3.05) is 5.32 Å². The van der Waals surface area contributed by atoms with Crippen molar-refractivity contribution in [1.29, 1.82) is 0 Å². The van der Waals surface area contributed by atoms with Crippen LogP contribution in [0.4, 0.5) is 5.69 Å². The Morgan fingerprint density at radius 1 is 0.821 bits per heavy atom. The van der Waals surface area contributed by atoms with Gasteiger partial charge in [-0.25, -0.2) is 4.98 Å². The number of nitrogens with two attached hydrogens (primary N) is 1. The summed E-state index contributed by atoms with van der Waals surface area (Å²) >= 11 is 0. The molecule has 0 aliphatic carbocycles. The third kappa shape index (κ3) is 3.46. The SMILES string of the molecule is NC(=O)c1ccc(NC(=O)c2cc(-c3ccccc3)nc3ccccc23)cc1. The Bertz CT molecular complexity index is 1170. The van der Waals surface area contributed by atoms with Crippen molar-refractivity contribution in [2.24, 2.45) is 5.73 Å². The number of benzene rings is 3. The van der Waals surface area contributed by atoms with Gasteiger partial charge in [0, 0.05) is 22.2 Å². The molecule has 0 unspecified atom stereocenters. The summed E-state index contributed by atoms with van der Waals surface area (Å²) in [7, 11) is 0. The predicted molar refractivity (Wildman–Crippen MR) is 110 cm³/mol. The van der Waals surface area contributed by atoms with E-state index in [0.29, 0.717) is 16.8 Å². The highest BCUT2D eigenvalue weighted by molar-refractivity contribution is 6.13. The summed E-state index contributed by atoms with van der Waals surface area (Å²) in [5.74, 6) is -0.756. The van der Waals surface area contributed by atoms with Crippen LogP contribution in [0.25, 0.3) is 22.2 Å². The third-order valence-electron chi connectivity index (χ3n) is 4.46. The first-order valence-corrected chi connectivity index (χ1v) is 8.78. The van der Waals surface area contributed by atoms with Crippen molar-refractivity contribution in [2.45, 2.75) is 0 Å². The minimum Gasteiger partial charge on any atom is -0.366 e. The molecule has 2 amide bonds. The number of para-hydroxylation sites is 1. The number of carbonyl (C=O) groups excluding carboxylic acids is 2. The number of anilines is 1. The molecule has 0 saturated heterocycles. The van der Waals surface area contributed by atoms with Gasteiger partial charge in [0.2, 0.25) is 5.91 Å². The lowest BCUT2D eigenvalue weighted by Crippen LogP contribution is -2.14. The number of aromatic nitrogens is 1. The van der Waals surface area contributed by atoms with Crippen molar-refractivity contribution in [3.63, 3.8) is 0 Å². The number of carbonyl (C=O) groups is 2. The number of amides is 2. The Labute approximate surface area is 161 Å². The van der Waals surface area contributed by atoms with Gasteiger partial charge in [-0.05, 0) is 36.4 Å². The molecule has 4 rings (SSSR count). The molecule has 3 N–H and O–H groups in total. The normalized spacial score (nSPS) is 10.6. The van der Waals surface area contributed by atoms with E-state index in [2.05, 4.69) is 5.32 Å². The second-order valence-electron chi connectivity index (χ2n) is 6.33. The lowest BCUT2D eigenvalue weighted by Gasteiger charge is -2.11. The van der Waals surface area contributed by atoms with Crippen LogP contribution in [0.2, 0.25) is 0 Å². The summed E-state index contributed by atoms with van der Waals surface area (Å²) in [6, 6.07) is 25.5. The molecule has 0 radical (unpaired) electrons. The van der Waals surface area contributed by atoms with E-state index >= 15 is 0 Å². The van der Waals surface area contributed by atoms with Crippen LogP contribution < -0.4 is 11.1 Å². The fraction of sp³-hybridized carbons (Fsp3) is 0. The van der Waals surface area contributed by atoms with Crippen LogP contribution >= 0.6 is 0 Å². The van der Waals surface area contributed by atoms with E-state index in [1.807, 2.05) is 54.6 Å². The van der Waals surface area contributed by atoms with Gasteiger partial charge in [0.1, 0.15) is 0 Å². The van der Waals surface area contributed by atoms with Crippen molar-refractivity contribution < 1.29 is 9.59 Å². The van der Waals surface area contributed by atoms with Crippen LogP contribution in [-0.4, -0.2) is 16.8 Å². The molecule has 3 aromatic carbocycles. The largest absolute Gasteiger partial charge is 0.366 e. The van der Waals surface area contributed by atoms with Crippen LogP contribution in [-0.2, 0) is 0 Å². The van der Waals surface area contributed by atoms with Crippen LogP contribution in [0.3, 0.4) is 0 Å². The Hall–Kier alpha value is -3.99. The summed E-state index contributed by atoms with van der Waals surface area (Å²) < 4.78 is 0. The van der Waals surface area contributed by atoms with Crippen molar-refractivity contribution in [3.05, 3.63) is 96.1 Å². The first kappa shape index (κ1) is 17.4. The predicted octanol–water partition coefficient (Wildman–Crippen LogP) is 4.25. The highest BCUT2D eigenvalue weighted by atomic mass is 16.2. The van der Waals surface area contributed by atoms with Gasteiger partial charge in [0.15, 0.2) is 0 Å². The summed E-state index contributed by atoms with van der Waals surface area (Å²) in [6.07, 6.45) is 0. The lowest BCUT2D eigenvalue weighted by atomic mass is 10.0. The second kappa shape index (κ2) is 7.32. The zero-order chi connectivity index (χ0) is 19.5. The van der Waals surface area contributed by atoms with Gasteiger partial charge in [-0.2, -0.15) is 0 Å². The van der Waals surface area contributed by atoms with E-state index in [1.54, 1.807) is 30.3 Å². The molecule has 0 saturated carbocycles. The van der Waals surface area contributed by atoms with E-state index in [-0.39, 0.29) is 5.91 Å². The van der Waals surface area contributed by atoms with Crippen LogP contribution in [0.5, 0.6) is 0 Å². The van der Waals surface area contributed by atoms with E-state index in [4.69, 9.17) is 10.7 Å². The fourth-order valence-corrected chi connectivity index (χ4v) is 3.04. The minimum atomic E-state index is -0.509. The van der Waals surface area contributed by atoms with Gasteiger partial charge < -0.3 is 11.1 Å². The van der Waals surface area contributed by atoms with Gasteiger partial charge in [-0.3, -0.25) is 9.59 Å². The molecule has 0 spiro atoms. The maximum atomic E-state index is 13.0. The second-order valence-corrected chi connectivity index (χ2v) is 6.33. The molecule has 0 fully saturated rings. The first-order chi connectivity index (χ1) is 13.6. The zero-order valence-corrected chi connectivity index (χ0v) is 14.9. The highest BCUT2D eigenvalue weighted by Gasteiger charge is 2.14. The molecule has 5 heteroatoms. The van der Waals surface area contributed by atoms with Crippen LogP contribution in [0.15, 0.2) is 84.9 Å². The van der Waals surface area contributed by atoms with Gasteiger partial charge in [0.25, 0.3) is 5.91 Å². The third-order valence-corrected chi connectivity index (χ3v) is 4.46. The maximum absolute atomic E-state index is 13.0. The monoisotopic (exact) mass is 367 g/mol. The molecule has 1 heterocycles.